The zero-order valence-corrected chi connectivity index (χ0v) is 27.7. The quantitative estimate of drug-likeness (QED) is 0.129. The zero-order valence-electron chi connectivity index (χ0n) is 26.9. The first-order valence-corrected chi connectivity index (χ1v) is 17.0. The number of thioether (sulfide) groups is 1. The first kappa shape index (κ1) is 34.0. The molecule has 0 saturated carbocycles. The Balaban J connectivity index is 1.22. The second-order valence-corrected chi connectivity index (χ2v) is 12.8. The van der Waals surface area contributed by atoms with Crippen molar-refractivity contribution in [3.63, 3.8) is 0 Å². The maximum absolute atomic E-state index is 12.1. The molecule has 252 valence electrons. The Morgan fingerprint density at radius 2 is 1.61 bits per heavy atom. The summed E-state index contributed by atoms with van der Waals surface area (Å²) >= 11 is 1.53. The van der Waals surface area contributed by atoms with Crippen LogP contribution in [0.4, 0.5) is 0 Å². The minimum absolute atomic E-state index is 0.0182. The molecule has 1 amide bonds. The van der Waals surface area contributed by atoms with Crippen LogP contribution in [0.25, 0.3) is 16.8 Å². The standard InChI is InChI=1S/C37H37N5O6S/c1-24-32(23-49-37-39-40-41-42(37)31-11-3-2-4-12-31)47-36(48-35(24)27-15-13-25(22-43)14-16-27)30-10-6-9-29(20-30)28-8-5-7-26(19-28)21-38-33(44)17-18-34(45)46/h2-16,19-20,24,32,35-36,43H,17-18,21-23H2,1H3,(H,38,44)(H,45,46)/t24-,32+,35+,36+/m0/s1. The summed E-state index contributed by atoms with van der Waals surface area (Å²) in [6.07, 6.45) is -1.43. The molecule has 2 heterocycles. The topological polar surface area (TPSA) is 149 Å². The summed E-state index contributed by atoms with van der Waals surface area (Å²) < 4.78 is 15.1. The Morgan fingerprint density at radius 1 is 0.857 bits per heavy atom. The van der Waals surface area contributed by atoms with E-state index in [-0.39, 0.29) is 43.5 Å². The van der Waals surface area contributed by atoms with E-state index in [2.05, 4.69) is 33.8 Å². The normalized spacial score (nSPS) is 19.0. The zero-order chi connectivity index (χ0) is 34.2. The highest BCUT2D eigenvalue weighted by Crippen LogP contribution is 2.43. The van der Waals surface area contributed by atoms with E-state index < -0.39 is 12.3 Å². The minimum Gasteiger partial charge on any atom is -0.481 e. The lowest BCUT2D eigenvalue weighted by Crippen LogP contribution is -2.38. The molecule has 0 radical (unpaired) electrons. The van der Waals surface area contributed by atoms with Crippen LogP contribution in [0.2, 0.25) is 0 Å². The molecular weight excluding hydrogens is 643 g/mol. The number of rotatable bonds is 13. The first-order valence-electron chi connectivity index (χ1n) is 16.0. The average molecular weight is 680 g/mol. The number of tetrazole rings is 1. The Bertz CT molecular complexity index is 1870. The van der Waals surface area contributed by atoms with Crippen LogP contribution in [-0.2, 0) is 32.2 Å². The van der Waals surface area contributed by atoms with Gasteiger partial charge in [-0.3, -0.25) is 9.59 Å². The van der Waals surface area contributed by atoms with Gasteiger partial charge in [-0.25, -0.2) is 0 Å². The number of para-hydroxylation sites is 1. The molecule has 6 rings (SSSR count). The van der Waals surface area contributed by atoms with Gasteiger partial charge in [0.2, 0.25) is 11.1 Å². The van der Waals surface area contributed by atoms with E-state index in [1.807, 2.05) is 97.1 Å². The van der Waals surface area contributed by atoms with Gasteiger partial charge in [0.1, 0.15) is 0 Å². The van der Waals surface area contributed by atoms with E-state index in [0.29, 0.717) is 17.5 Å². The number of benzene rings is 4. The summed E-state index contributed by atoms with van der Waals surface area (Å²) in [5, 5.41) is 34.3. The van der Waals surface area contributed by atoms with E-state index in [9.17, 15) is 14.7 Å². The van der Waals surface area contributed by atoms with Crippen molar-refractivity contribution in [1.29, 1.82) is 0 Å². The lowest BCUT2D eigenvalue weighted by Gasteiger charge is -2.41. The van der Waals surface area contributed by atoms with Gasteiger partial charge in [0.25, 0.3) is 0 Å². The van der Waals surface area contributed by atoms with Crippen molar-refractivity contribution in [2.45, 2.75) is 56.6 Å². The number of aliphatic hydroxyl groups excluding tert-OH is 1. The number of hydrogen-bond acceptors (Lipinski definition) is 9. The third-order valence-electron chi connectivity index (χ3n) is 8.42. The van der Waals surface area contributed by atoms with Crippen LogP contribution in [0.3, 0.4) is 0 Å². The molecule has 5 aromatic rings. The van der Waals surface area contributed by atoms with Crippen LogP contribution in [0, 0.1) is 5.92 Å². The van der Waals surface area contributed by atoms with Crippen LogP contribution in [0.5, 0.6) is 0 Å². The van der Waals surface area contributed by atoms with E-state index in [1.165, 1.54) is 11.8 Å². The second-order valence-electron chi connectivity index (χ2n) is 11.8. The number of carbonyl (C=O) groups is 2. The lowest BCUT2D eigenvalue weighted by molar-refractivity contribution is -0.268. The van der Waals surface area contributed by atoms with Crippen molar-refractivity contribution < 1.29 is 29.3 Å². The molecule has 0 unspecified atom stereocenters. The monoisotopic (exact) mass is 679 g/mol. The number of carboxylic acids is 1. The largest absolute Gasteiger partial charge is 0.481 e. The summed E-state index contributed by atoms with van der Waals surface area (Å²) in [7, 11) is 0. The molecule has 0 spiro atoms. The van der Waals surface area contributed by atoms with Gasteiger partial charge in [0, 0.05) is 30.2 Å². The van der Waals surface area contributed by atoms with Crippen LogP contribution < -0.4 is 5.32 Å². The van der Waals surface area contributed by atoms with Gasteiger partial charge < -0.3 is 25.0 Å². The third-order valence-corrected chi connectivity index (χ3v) is 9.42. The summed E-state index contributed by atoms with van der Waals surface area (Å²) in [4.78, 5) is 22.9. The average Bonchev–Trinajstić information content (AvgIpc) is 3.62. The maximum atomic E-state index is 12.1. The first-order chi connectivity index (χ1) is 23.9. The molecule has 1 aromatic heterocycles. The van der Waals surface area contributed by atoms with Gasteiger partial charge in [-0.05, 0) is 62.5 Å². The van der Waals surface area contributed by atoms with Crippen LogP contribution >= 0.6 is 11.8 Å². The summed E-state index contributed by atoms with van der Waals surface area (Å²) in [6.45, 7) is 2.38. The predicted octanol–water partition coefficient (Wildman–Crippen LogP) is 5.89. The summed E-state index contributed by atoms with van der Waals surface area (Å²) in [5.74, 6) is -0.742. The van der Waals surface area contributed by atoms with Crippen molar-refractivity contribution >= 4 is 23.6 Å². The van der Waals surface area contributed by atoms with Crippen molar-refractivity contribution in [3.05, 3.63) is 125 Å². The van der Waals surface area contributed by atoms with E-state index >= 15 is 0 Å². The van der Waals surface area contributed by atoms with Crippen LogP contribution in [-0.4, -0.2) is 54.2 Å². The number of carbonyl (C=O) groups excluding carboxylic acids is 1. The molecule has 1 fully saturated rings. The number of hydrogen-bond donors (Lipinski definition) is 3. The van der Waals surface area contributed by atoms with E-state index in [1.54, 1.807) is 4.68 Å². The number of nitrogens with one attached hydrogen (secondary N) is 1. The fraction of sp³-hybridized carbons (Fsp3) is 0.270. The lowest BCUT2D eigenvalue weighted by atomic mass is 9.91. The third kappa shape index (κ3) is 8.59. The van der Waals surface area contributed by atoms with Crippen LogP contribution in [0.1, 0.15) is 54.4 Å². The van der Waals surface area contributed by atoms with Gasteiger partial charge in [0.05, 0.1) is 30.9 Å². The Labute approximate surface area is 288 Å². The highest BCUT2D eigenvalue weighted by atomic mass is 32.2. The molecular formula is C37H37N5O6S. The minimum atomic E-state index is -1.00. The number of aliphatic carboxylic acids is 1. The van der Waals surface area contributed by atoms with Crippen molar-refractivity contribution in [1.82, 2.24) is 25.5 Å². The summed E-state index contributed by atoms with van der Waals surface area (Å²) in [5.41, 5.74) is 6.37. The molecule has 0 aliphatic carbocycles. The van der Waals surface area contributed by atoms with Gasteiger partial charge in [-0.2, -0.15) is 4.68 Å². The molecule has 1 aliphatic rings. The fourth-order valence-corrected chi connectivity index (χ4v) is 6.76. The van der Waals surface area contributed by atoms with Crippen molar-refractivity contribution in [2.24, 2.45) is 5.92 Å². The smallest absolute Gasteiger partial charge is 0.303 e. The molecule has 49 heavy (non-hydrogen) atoms. The molecule has 4 atom stereocenters. The molecule has 3 N–H and O–H groups in total. The number of ether oxygens (including phenoxy) is 2. The van der Waals surface area contributed by atoms with Crippen molar-refractivity contribution in [3.8, 4) is 16.8 Å². The van der Waals surface area contributed by atoms with Gasteiger partial charge >= 0.3 is 5.97 Å². The molecule has 12 heteroatoms. The number of nitrogens with zero attached hydrogens (tertiary/aromatic N) is 4. The van der Waals surface area contributed by atoms with E-state index in [4.69, 9.17) is 14.6 Å². The Hall–Kier alpha value is -4.88. The SMILES string of the molecule is C[C@H]1[C@@H](CSc2nnnn2-c2ccccc2)O[C@@H](c2cccc(-c3cccc(CNC(=O)CCC(=O)O)c3)c2)O[C@H]1c1ccc(CO)cc1. The Morgan fingerprint density at radius 3 is 2.37 bits per heavy atom. The highest BCUT2D eigenvalue weighted by Gasteiger charge is 2.38. The maximum Gasteiger partial charge on any atom is 0.303 e. The number of aliphatic hydroxyl groups is 1. The molecule has 1 saturated heterocycles. The van der Waals surface area contributed by atoms with Gasteiger partial charge in [-0.15, -0.1) is 5.10 Å². The molecule has 0 bridgehead atoms. The van der Waals surface area contributed by atoms with Crippen molar-refractivity contribution in [2.75, 3.05) is 5.75 Å². The Kier molecular flexibility index (Phi) is 11.1. The molecule has 11 nitrogen and oxygen atoms in total. The van der Waals surface area contributed by atoms with E-state index in [0.717, 1.165) is 39.1 Å². The van der Waals surface area contributed by atoms with Crippen LogP contribution in [0.15, 0.2) is 108 Å². The predicted molar refractivity (Wildman–Crippen MR) is 183 cm³/mol. The molecule has 4 aromatic carbocycles. The fourth-order valence-electron chi connectivity index (χ4n) is 5.70. The second kappa shape index (κ2) is 16.0. The number of aromatic nitrogens is 4. The number of carboxylic acid groups (broad SMARTS) is 1. The molecule has 1 aliphatic heterocycles. The highest BCUT2D eigenvalue weighted by molar-refractivity contribution is 7.99. The van der Waals surface area contributed by atoms with Gasteiger partial charge in [-0.1, -0.05) is 97.5 Å². The summed E-state index contributed by atoms with van der Waals surface area (Å²) in [6, 6.07) is 33.4. The van der Waals surface area contributed by atoms with Gasteiger partial charge in [0.15, 0.2) is 6.29 Å². The number of amides is 1.